The minimum atomic E-state index is -3.62. The number of rotatable bonds is 7. The molecule has 3 aromatic rings. The predicted molar refractivity (Wildman–Crippen MR) is 101 cm³/mol. The second-order valence-corrected chi connectivity index (χ2v) is 7.92. The van der Waals surface area contributed by atoms with E-state index in [1.165, 1.54) is 6.07 Å². The zero-order valence-electron chi connectivity index (χ0n) is 15.4. The fourth-order valence-corrected chi connectivity index (χ4v) is 3.76. The summed E-state index contributed by atoms with van der Waals surface area (Å²) in [4.78, 5) is 0.187. The Kier molecular flexibility index (Phi) is 5.57. The molecule has 0 aliphatic rings. The quantitative estimate of drug-likeness (QED) is 0.670. The highest BCUT2D eigenvalue weighted by Gasteiger charge is 2.16. The molecule has 27 heavy (non-hydrogen) atoms. The van der Waals surface area contributed by atoms with Crippen molar-refractivity contribution >= 4 is 10.0 Å². The largest absolute Gasteiger partial charge is 0.496 e. The first-order chi connectivity index (χ1) is 12.9. The lowest BCUT2D eigenvalue weighted by atomic mass is 10.1. The Hall–Kier alpha value is -2.71. The molecule has 2 aromatic carbocycles. The molecule has 0 aliphatic heterocycles. The minimum Gasteiger partial charge on any atom is -0.496 e. The highest BCUT2D eigenvalue weighted by atomic mass is 32.2. The Bertz CT molecular complexity index is 1040. The zero-order valence-corrected chi connectivity index (χ0v) is 16.2. The second kappa shape index (κ2) is 7.89. The van der Waals surface area contributed by atoms with Gasteiger partial charge in [0.1, 0.15) is 5.75 Å². The summed E-state index contributed by atoms with van der Waals surface area (Å²) in [5.74, 6) is 1.44. The van der Waals surface area contributed by atoms with Crippen LogP contribution in [-0.2, 0) is 16.4 Å². The van der Waals surface area contributed by atoms with Crippen LogP contribution in [0.15, 0.2) is 51.8 Å². The third-order valence-electron chi connectivity index (χ3n) is 4.04. The molecule has 8 heteroatoms. The number of nitrogens with zero attached hydrogens (tertiary/aromatic N) is 2. The van der Waals surface area contributed by atoms with E-state index in [2.05, 4.69) is 14.9 Å². The topological polar surface area (TPSA) is 94.3 Å². The maximum Gasteiger partial charge on any atom is 0.247 e. The van der Waals surface area contributed by atoms with Gasteiger partial charge in [0.2, 0.25) is 21.8 Å². The van der Waals surface area contributed by atoms with Crippen molar-refractivity contribution in [2.45, 2.75) is 25.2 Å². The van der Waals surface area contributed by atoms with E-state index in [1.54, 1.807) is 26.2 Å². The van der Waals surface area contributed by atoms with E-state index in [0.717, 1.165) is 16.7 Å². The normalized spacial score (nSPS) is 11.5. The minimum absolute atomic E-state index is 0.156. The fourth-order valence-electron chi connectivity index (χ4n) is 2.64. The fraction of sp³-hybridized carbons (Fsp3) is 0.263. The van der Waals surface area contributed by atoms with Crippen LogP contribution < -0.4 is 9.46 Å². The van der Waals surface area contributed by atoms with Crippen molar-refractivity contribution in [2.24, 2.45) is 0 Å². The summed E-state index contributed by atoms with van der Waals surface area (Å²) in [7, 11) is -2.08. The van der Waals surface area contributed by atoms with Crippen LogP contribution in [0.25, 0.3) is 11.5 Å². The van der Waals surface area contributed by atoms with Crippen LogP contribution in [0.4, 0.5) is 0 Å². The maximum absolute atomic E-state index is 12.4. The van der Waals surface area contributed by atoms with Gasteiger partial charge < -0.3 is 9.15 Å². The summed E-state index contributed by atoms with van der Waals surface area (Å²) in [5, 5.41) is 8.01. The van der Waals surface area contributed by atoms with Gasteiger partial charge in [0.05, 0.1) is 12.0 Å². The molecule has 1 aromatic heterocycles. The van der Waals surface area contributed by atoms with E-state index < -0.39 is 10.0 Å². The van der Waals surface area contributed by atoms with Crippen LogP contribution in [0.3, 0.4) is 0 Å². The van der Waals surface area contributed by atoms with Crippen molar-refractivity contribution in [1.29, 1.82) is 0 Å². The molecule has 3 rings (SSSR count). The van der Waals surface area contributed by atoms with Crippen LogP contribution in [-0.4, -0.2) is 32.3 Å². The van der Waals surface area contributed by atoms with Crippen LogP contribution in [0, 0.1) is 13.8 Å². The first-order valence-electron chi connectivity index (χ1n) is 8.43. The SMILES string of the molecule is COc1ccc(S(=O)(=O)NCCc2nnc(-c3cccc(C)c3)o2)cc1C. The number of sulfonamides is 1. The van der Waals surface area contributed by atoms with Gasteiger partial charge in [-0.1, -0.05) is 17.7 Å². The van der Waals surface area contributed by atoms with Gasteiger partial charge in [-0.25, -0.2) is 13.1 Å². The molecule has 0 fully saturated rings. The molecule has 1 heterocycles. The number of hydrogen-bond acceptors (Lipinski definition) is 6. The molecule has 0 amide bonds. The number of benzene rings is 2. The molecule has 0 radical (unpaired) electrons. The first-order valence-corrected chi connectivity index (χ1v) is 9.91. The molecule has 0 bridgehead atoms. The van der Waals surface area contributed by atoms with Crippen molar-refractivity contribution in [3.8, 4) is 17.2 Å². The number of hydrogen-bond donors (Lipinski definition) is 1. The summed E-state index contributed by atoms with van der Waals surface area (Å²) >= 11 is 0. The number of aromatic nitrogens is 2. The van der Waals surface area contributed by atoms with E-state index in [4.69, 9.17) is 9.15 Å². The lowest BCUT2D eigenvalue weighted by Gasteiger charge is -2.09. The highest BCUT2D eigenvalue weighted by Crippen LogP contribution is 2.21. The average Bonchev–Trinajstić information content (AvgIpc) is 3.10. The van der Waals surface area contributed by atoms with Gasteiger partial charge in [0, 0.05) is 18.5 Å². The summed E-state index contributed by atoms with van der Waals surface area (Å²) in [5.41, 5.74) is 2.68. The van der Waals surface area contributed by atoms with Crippen LogP contribution in [0.1, 0.15) is 17.0 Å². The number of aryl methyl sites for hydroxylation is 2. The van der Waals surface area contributed by atoms with Crippen molar-refractivity contribution in [3.63, 3.8) is 0 Å². The molecular weight excluding hydrogens is 366 g/mol. The molecule has 0 atom stereocenters. The molecule has 142 valence electrons. The summed E-state index contributed by atoms with van der Waals surface area (Å²) in [6.07, 6.45) is 0.299. The third-order valence-corrected chi connectivity index (χ3v) is 5.50. The van der Waals surface area contributed by atoms with Crippen molar-refractivity contribution in [1.82, 2.24) is 14.9 Å². The van der Waals surface area contributed by atoms with E-state index in [9.17, 15) is 8.42 Å². The highest BCUT2D eigenvalue weighted by molar-refractivity contribution is 7.89. The molecular formula is C19H21N3O4S. The number of nitrogens with one attached hydrogen (secondary N) is 1. The molecule has 1 N–H and O–H groups in total. The summed E-state index contributed by atoms with van der Waals surface area (Å²) < 4.78 is 38.2. The molecule has 0 spiro atoms. The van der Waals surface area contributed by atoms with Crippen molar-refractivity contribution in [3.05, 3.63) is 59.5 Å². The van der Waals surface area contributed by atoms with Gasteiger partial charge >= 0.3 is 0 Å². The predicted octanol–water partition coefficient (Wildman–Crippen LogP) is 2.88. The Morgan fingerprint density at radius 1 is 1.11 bits per heavy atom. The Balaban J connectivity index is 1.63. The van der Waals surface area contributed by atoms with E-state index in [-0.39, 0.29) is 11.4 Å². The molecule has 0 saturated heterocycles. The lowest BCUT2D eigenvalue weighted by Crippen LogP contribution is -2.26. The molecule has 0 aliphatic carbocycles. The molecule has 7 nitrogen and oxygen atoms in total. The van der Waals surface area contributed by atoms with Crippen LogP contribution >= 0.6 is 0 Å². The Morgan fingerprint density at radius 2 is 1.93 bits per heavy atom. The third kappa shape index (κ3) is 4.53. The van der Waals surface area contributed by atoms with Gasteiger partial charge in [-0.2, -0.15) is 0 Å². The van der Waals surface area contributed by atoms with E-state index >= 15 is 0 Å². The monoisotopic (exact) mass is 387 g/mol. The van der Waals surface area contributed by atoms with Crippen molar-refractivity contribution < 1.29 is 17.6 Å². The van der Waals surface area contributed by atoms with Gasteiger partial charge in [0.25, 0.3) is 0 Å². The Labute approximate surface area is 158 Å². The summed E-state index contributed by atoms with van der Waals surface area (Å²) in [6, 6.07) is 12.5. The number of ether oxygens (including phenoxy) is 1. The Morgan fingerprint density at radius 3 is 2.63 bits per heavy atom. The summed E-state index contributed by atoms with van der Waals surface area (Å²) in [6.45, 7) is 3.93. The standard InChI is InChI=1S/C19H21N3O4S/c1-13-5-4-6-15(11-13)19-22-21-18(26-19)9-10-20-27(23,24)16-7-8-17(25-3)14(2)12-16/h4-8,11-12,20H,9-10H2,1-3H3. The van der Waals surface area contributed by atoms with E-state index in [1.807, 2.05) is 31.2 Å². The van der Waals surface area contributed by atoms with Crippen LogP contribution in [0.5, 0.6) is 5.75 Å². The number of methoxy groups -OCH3 is 1. The first kappa shape index (κ1) is 19.1. The van der Waals surface area contributed by atoms with Gasteiger partial charge in [-0.3, -0.25) is 0 Å². The van der Waals surface area contributed by atoms with E-state index in [0.29, 0.717) is 24.0 Å². The zero-order chi connectivity index (χ0) is 19.4. The average molecular weight is 387 g/mol. The molecule has 0 saturated carbocycles. The smallest absolute Gasteiger partial charge is 0.247 e. The molecule has 0 unspecified atom stereocenters. The van der Waals surface area contributed by atoms with Crippen LogP contribution in [0.2, 0.25) is 0 Å². The van der Waals surface area contributed by atoms with Gasteiger partial charge in [-0.15, -0.1) is 10.2 Å². The second-order valence-electron chi connectivity index (χ2n) is 6.15. The maximum atomic E-state index is 12.4. The van der Waals surface area contributed by atoms with Crippen molar-refractivity contribution in [2.75, 3.05) is 13.7 Å². The van der Waals surface area contributed by atoms with Gasteiger partial charge in [0.15, 0.2) is 0 Å². The lowest BCUT2D eigenvalue weighted by molar-refractivity contribution is 0.411. The van der Waals surface area contributed by atoms with Gasteiger partial charge in [-0.05, 0) is 49.7 Å².